The Morgan fingerprint density at radius 3 is 2.32 bits per heavy atom. The molecule has 124 valence electrons. The van der Waals surface area contributed by atoms with Crippen molar-refractivity contribution in [3.8, 4) is 0 Å². The molecule has 1 atom stereocenters. The molecule has 1 aromatic rings. The van der Waals surface area contributed by atoms with E-state index < -0.39 is 30.3 Å². The Kier molecular flexibility index (Phi) is 5.03. The fourth-order valence-electron chi connectivity index (χ4n) is 2.63. The van der Waals surface area contributed by atoms with E-state index in [1.54, 1.807) is 0 Å². The maximum atomic E-state index is 14.1. The molecule has 8 heteroatoms. The van der Waals surface area contributed by atoms with Crippen LogP contribution in [0.2, 0.25) is 0 Å². The summed E-state index contributed by atoms with van der Waals surface area (Å²) < 4.78 is 66.6. The molecule has 3 nitrogen and oxygen atoms in total. The summed E-state index contributed by atoms with van der Waals surface area (Å²) in [4.78, 5) is 1.40. The Hall–Kier alpha value is -1.25. The fraction of sp³-hybridized carbons (Fsp3) is 0.571. The van der Waals surface area contributed by atoms with E-state index in [-0.39, 0.29) is 18.7 Å². The third kappa shape index (κ3) is 3.74. The predicted molar refractivity (Wildman–Crippen MR) is 70.7 cm³/mol. The Labute approximate surface area is 124 Å². The second kappa shape index (κ2) is 6.47. The largest absolute Gasteiger partial charge is 0.416 e. The van der Waals surface area contributed by atoms with Crippen LogP contribution >= 0.6 is 0 Å². The summed E-state index contributed by atoms with van der Waals surface area (Å²) in [5.74, 6) is -3.53. The zero-order valence-corrected chi connectivity index (χ0v) is 11.7. The minimum absolute atomic E-state index is 0.143. The lowest BCUT2D eigenvalue weighted by molar-refractivity contribution is -0.138. The number of hydrogen-bond acceptors (Lipinski definition) is 3. The Balaban J connectivity index is 2.40. The number of hydrogen-bond donors (Lipinski definition) is 2. The Morgan fingerprint density at radius 1 is 1.14 bits per heavy atom. The zero-order valence-electron chi connectivity index (χ0n) is 11.7. The van der Waals surface area contributed by atoms with Gasteiger partial charge in [-0.3, -0.25) is 4.90 Å². The number of aliphatic hydroxyl groups is 1. The minimum atomic E-state index is -4.60. The minimum Gasteiger partial charge on any atom is -0.390 e. The molecule has 0 aliphatic carbocycles. The number of benzene rings is 1. The molecule has 0 unspecified atom stereocenters. The topological polar surface area (TPSA) is 35.5 Å². The highest BCUT2D eigenvalue weighted by atomic mass is 19.4. The van der Waals surface area contributed by atoms with Gasteiger partial charge in [-0.15, -0.1) is 0 Å². The summed E-state index contributed by atoms with van der Waals surface area (Å²) in [5.41, 5.74) is -1.12. The van der Waals surface area contributed by atoms with E-state index in [0.717, 1.165) is 18.2 Å². The number of alkyl halides is 5. The van der Waals surface area contributed by atoms with Crippen molar-refractivity contribution >= 4 is 0 Å². The van der Waals surface area contributed by atoms with Gasteiger partial charge in [-0.05, 0) is 17.7 Å². The Bertz CT molecular complexity index is 500. The molecule has 2 N–H and O–H groups in total. The van der Waals surface area contributed by atoms with Crippen LogP contribution in [0.25, 0.3) is 0 Å². The van der Waals surface area contributed by atoms with Crippen molar-refractivity contribution in [2.24, 2.45) is 0 Å². The van der Waals surface area contributed by atoms with Gasteiger partial charge >= 0.3 is 6.18 Å². The molecular weight excluding hydrogens is 307 g/mol. The molecule has 1 aromatic carbocycles. The number of rotatable bonds is 4. The highest BCUT2D eigenvalue weighted by Crippen LogP contribution is 2.38. The van der Waals surface area contributed by atoms with E-state index in [1.165, 1.54) is 11.0 Å². The SMILES string of the molecule is OCC(F)(F)[C@@H](c1cccc(C(F)(F)F)c1)N1CCNCC1. The molecule has 0 amide bonds. The summed E-state index contributed by atoms with van der Waals surface area (Å²) in [6.07, 6.45) is -4.60. The number of nitrogens with zero attached hydrogens (tertiary/aromatic N) is 1. The van der Waals surface area contributed by atoms with Gasteiger partial charge in [0.05, 0.1) is 5.56 Å². The van der Waals surface area contributed by atoms with Gasteiger partial charge in [0.1, 0.15) is 12.6 Å². The van der Waals surface area contributed by atoms with Gasteiger partial charge in [0.2, 0.25) is 0 Å². The molecule has 22 heavy (non-hydrogen) atoms. The summed E-state index contributed by atoms with van der Waals surface area (Å²) in [6, 6.07) is 2.35. The molecule has 2 rings (SSSR count). The van der Waals surface area contributed by atoms with Crippen molar-refractivity contribution in [1.29, 1.82) is 0 Å². The first-order valence-electron chi connectivity index (χ1n) is 6.86. The van der Waals surface area contributed by atoms with Crippen molar-refractivity contribution in [1.82, 2.24) is 10.2 Å². The van der Waals surface area contributed by atoms with Crippen LogP contribution in [-0.4, -0.2) is 48.7 Å². The number of aliphatic hydroxyl groups excluding tert-OH is 1. The van der Waals surface area contributed by atoms with Crippen molar-refractivity contribution in [2.75, 3.05) is 32.8 Å². The standard InChI is InChI=1S/C14H17F5N2O/c15-13(16,9-22)12(21-6-4-20-5-7-21)10-2-1-3-11(8-10)14(17,18)19/h1-3,8,12,20,22H,4-7,9H2/t12-/m1/s1. The molecule has 0 radical (unpaired) electrons. The van der Waals surface area contributed by atoms with E-state index in [0.29, 0.717) is 13.1 Å². The molecule has 0 spiro atoms. The van der Waals surface area contributed by atoms with E-state index in [4.69, 9.17) is 5.11 Å². The van der Waals surface area contributed by atoms with E-state index >= 15 is 0 Å². The lowest BCUT2D eigenvalue weighted by Crippen LogP contribution is -2.51. The van der Waals surface area contributed by atoms with Crippen LogP contribution in [-0.2, 0) is 6.18 Å². The third-order valence-corrected chi connectivity index (χ3v) is 3.66. The van der Waals surface area contributed by atoms with Crippen LogP contribution in [0.15, 0.2) is 24.3 Å². The van der Waals surface area contributed by atoms with Crippen LogP contribution < -0.4 is 5.32 Å². The van der Waals surface area contributed by atoms with Gasteiger partial charge < -0.3 is 10.4 Å². The van der Waals surface area contributed by atoms with Gasteiger partial charge in [-0.1, -0.05) is 12.1 Å². The highest BCUT2D eigenvalue weighted by molar-refractivity contribution is 5.29. The van der Waals surface area contributed by atoms with Crippen LogP contribution in [0.4, 0.5) is 22.0 Å². The van der Waals surface area contributed by atoms with Crippen LogP contribution in [0, 0.1) is 0 Å². The Morgan fingerprint density at radius 2 is 1.77 bits per heavy atom. The van der Waals surface area contributed by atoms with Crippen LogP contribution in [0.5, 0.6) is 0 Å². The highest BCUT2D eigenvalue weighted by Gasteiger charge is 2.44. The van der Waals surface area contributed by atoms with E-state index in [9.17, 15) is 22.0 Å². The third-order valence-electron chi connectivity index (χ3n) is 3.66. The lowest BCUT2D eigenvalue weighted by atomic mass is 9.96. The molecule has 1 saturated heterocycles. The van der Waals surface area contributed by atoms with E-state index in [2.05, 4.69) is 5.32 Å². The number of halogens is 5. The first-order valence-corrected chi connectivity index (χ1v) is 6.86. The van der Waals surface area contributed by atoms with Gasteiger partial charge in [0.25, 0.3) is 5.92 Å². The van der Waals surface area contributed by atoms with E-state index in [1.807, 2.05) is 0 Å². The second-order valence-electron chi connectivity index (χ2n) is 5.23. The average Bonchev–Trinajstić information content (AvgIpc) is 2.48. The van der Waals surface area contributed by atoms with Gasteiger partial charge in [-0.25, -0.2) is 8.78 Å². The molecule has 0 saturated carbocycles. The molecule has 1 heterocycles. The summed E-state index contributed by atoms with van der Waals surface area (Å²) in [5, 5.41) is 12.0. The van der Waals surface area contributed by atoms with Crippen molar-refractivity contribution in [3.63, 3.8) is 0 Å². The molecule has 1 aliphatic rings. The average molecular weight is 324 g/mol. The monoisotopic (exact) mass is 324 g/mol. The van der Waals surface area contributed by atoms with Gasteiger partial charge in [-0.2, -0.15) is 13.2 Å². The molecule has 1 aliphatic heterocycles. The molecular formula is C14H17F5N2O. The second-order valence-corrected chi connectivity index (χ2v) is 5.23. The van der Waals surface area contributed by atoms with Crippen molar-refractivity contribution in [2.45, 2.75) is 18.1 Å². The van der Waals surface area contributed by atoms with Crippen molar-refractivity contribution < 1.29 is 27.1 Å². The van der Waals surface area contributed by atoms with Crippen LogP contribution in [0.1, 0.15) is 17.2 Å². The fourth-order valence-corrected chi connectivity index (χ4v) is 2.63. The maximum absolute atomic E-state index is 14.1. The molecule has 0 bridgehead atoms. The zero-order chi connectivity index (χ0) is 16.4. The molecule has 0 aromatic heterocycles. The molecule has 1 fully saturated rings. The lowest BCUT2D eigenvalue weighted by Gasteiger charge is -2.38. The van der Waals surface area contributed by atoms with Crippen molar-refractivity contribution in [3.05, 3.63) is 35.4 Å². The maximum Gasteiger partial charge on any atom is 0.416 e. The van der Waals surface area contributed by atoms with Gasteiger partial charge in [0.15, 0.2) is 0 Å². The van der Waals surface area contributed by atoms with Crippen LogP contribution in [0.3, 0.4) is 0 Å². The summed E-state index contributed by atoms with van der Waals surface area (Å²) in [6.45, 7) is 0.0682. The van der Waals surface area contributed by atoms with Gasteiger partial charge in [0, 0.05) is 26.2 Å². The summed E-state index contributed by atoms with van der Waals surface area (Å²) in [7, 11) is 0. The summed E-state index contributed by atoms with van der Waals surface area (Å²) >= 11 is 0. The smallest absolute Gasteiger partial charge is 0.390 e. The quantitative estimate of drug-likeness (QED) is 0.834. The predicted octanol–water partition coefficient (Wildman–Crippen LogP) is 2.28. The number of nitrogens with one attached hydrogen (secondary N) is 1. The first kappa shape index (κ1) is 17.1. The normalized spacial score (nSPS) is 19.2. The number of piperazine rings is 1. The first-order chi connectivity index (χ1) is 10.3.